The number of aliphatic hydroxyl groups is 1. The van der Waals surface area contributed by atoms with E-state index in [1.165, 1.54) is 38.5 Å². The highest BCUT2D eigenvalue weighted by atomic mass is 16.3. The molecular weight excluding hydrogens is 226 g/mol. The molecule has 4 heteroatoms. The average Bonchev–Trinajstić information content (AvgIpc) is 2.39. The third kappa shape index (κ3) is 4.16. The van der Waals surface area contributed by atoms with Gasteiger partial charge in [-0.05, 0) is 25.7 Å². The molecule has 2 saturated carbocycles. The van der Waals surface area contributed by atoms with Crippen LogP contribution in [0.5, 0.6) is 0 Å². The second kappa shape index (κ2) is 6.41. The van der Waals surface area contributed by atoms with Crippen LogP contribution in [-0.2, 0) is 0 Å². The summed E-state index contributed by atoms with van der Waals surface area (Å²) in [7, 11) is 0. The Morgan fingerprint density at radius 2 is 1.72 bits per heavy atom. The van der Waals surface area contributed by atoms with E-state index >= 15 is 0 Å². The molecule has 0 atom stereocenters. The monoisotopic (exact) mass is 253 g/mol. The first-order valence-electron chi connectivity index (χ1n) is 7.47. The maximum absolute atomic E-state index is 10.3. The van der Waals surface area contributed by atoms with Crippen LogP contribution < -0.4 is 11.1 Å². The molecule has 0 radical (unpaired) electrons. The Labute approximate surface area is 110 Å². The normalized spacial score (nSPS) is 25.9. The average molecular weight is 253 g/mol. The van der Waals surface area contributed by atoms with Crippen molar-refractivity contribution in [1.29, 1.82) is 0 Å². The second-order valence-electron chi connectivity index (χ2n) is 5.97. The zero-order valence-electron chi connectivity index (χ0n) is 11.3. The van der Waals surface area contributed by atoms with Crippen LogP contribution in [0.1, 0.15) is 64.2 Å². The van der Waals surface area contributed by atoms with Gasteiger partial charge in [0.1, 0.15) is 0 Å². The number of hydrogen-bond donors (Lipinski definition) is 3. The van der Waals surface area contributed by atoms with Crippen LogP contribution in [0.3, 0.4) is 0 Å². The summed E-state index contributed by atoms with van der Waals surface area (Å²) in [4.78, 5) is 4.35. The fourth-order valence-electron chi connectivity index (χ4n) is 3.10. The molecule has 4 N–H and O–H groups in total. The van der Waals surface area contributed by atoms with Gasteiger partial charge in [0.25, 0.3) is 0 Å². The summed E-state index contributed by atoms with van der Waals surface area (Å²) < 4.78 is 0. The van der Waals surface area contributed by atoms with E-state index in [1.54, 1.807) is 0 Å². The largest absolute Gasteiger partial charge is 0.388 e. The number of rotatable bonds is 3. The number of guanidine groups is 1. The number of aliphatic imine (C=N–C) groups is 1. The molecule has 0 saturated heterocycles. The highest BCUT2D eigenvalue weighted by molar-refractivity contribution is 5.78. The Morgan fingerprint density at radius 3 is 2.39 bits per heavy atom. The second-order valence-corrected chi connectivity index (χ2v) is 5.97. The zero-order valence-corrected chi connectivity index (χ0v) is 11.3. The highest BCUT2D eigenvalue weighted by Gasteiger charge is 2.28. The molecule has 104 valence electrons. The smallest absolute Gasteiger partial charge is 0.188 e. The Bertz CT molecular complexity index is 279. The third-order valence-electron chi connectivity index (χ3n) is 4.29. The summed E-state index contributed by atoms with van der Waals surface area (Å²) in [6.45, 7) is 0.457. The van der Waals surface area contributed by atoms with Crippen molar-refractivity contribution in [2.24, 2.45) is 10.7 Å². The van der Waals surface area contributed by atoms with Gasteiger partial charge in [0.05, 0.1) is 12.1 Å². The molecule has 2 aliphatic carbocycles. The van der Waals surface area contributed by atoms with E-state index < -0.39 is 5.60 Å². The van der Waals surface area contributed by atoms with E-state index in [0.29, 0.717) is 18.5 Å². The quantitative estimate of drug-likeness (QED) is 0.531. The minimum absolute atomic E-state index is 0.457. The predicted octanol–water partition coefficient (Wildman–Crippen LogP) is 1.92. The lowest BCUT2D eigenvalue weighted by Crippen LogP contribution is -2.43. The van der Waals surface area contributed by atoms with Crippen LogP contribution in [0, 0.1) is 0 Å². The number of nitrogens with zero attached hydrogens (tertiary/aromatic N) is 1. The molecule has 0 heterocycles. The topological polar surface area (TPSA) is 70.6 Å². The van der Waals surface area contributed by atoms with E-state index in [9.17, 15) is 5.11 Å². The maximum atomic E-state index is 10.3. The van der Waals surface area contributed by atoms with Gasteiger partial charge in [-0.2, -0.15) is 0 Å². The van der Waals surface area contributed by atoms with Crippen molar-refractivity contribution in [3.05, 3.63) is 0 Å². The van der Waals surface area contributed by atoms with Crippen molar-refractivity contribution in [2.75, 3.05) is 6.54 Å². The van der Waals surface area contributed by atoms with E-state index in [2.05, 4.69) is 10.3 Å². The van der Waals surface area contributed by atoms with Crippen LogP contribution in [0.2, 0.25) is 0 Å². The van der Waals surface area contributed by atoms with Crippen molar-refractivity contribution < 1.29 is 5.11 Å². The lowest BCUT2D eigenvalue weighted by atomic mass is 9.85. The molecule has 0 aromatic carbocycles. The van der Waals surface area contributed by atoms with Crippen molar-refractivity contribution in [1.82, 2.24) is 5.32 Å². The highest BCUT2D eigenvalue weighted by Crippen LogP contribution is 2.28. The summed E-state index contributed by atoms with van der Waals surface area (Å²) in [6, 6.07) is 0.489. The Morgan fingerprint density at radius 1 is 1.11 bits per heavy atom. The molecule has 4 nitrogen and oxygen atoms in total. The summed E-state index contributed by atoms with van der Waals surface area (Å²) in [5.74, 6) is 0.515. The lowest BCUT2D eigenvalue weighted by molar-refractivity contribution is 0.0132. The van der Waals surface area contributed by atoms with E-state index in [1.807, 2.05) is 0 Å². The SMILES string of the molecule is NC(=NCC1(O)CCCCC1)NC1CCCCC1. The standard InChI is InChI=1S/C14H27N3O/c15-13(17-12-7-3-1-4-8-12)16-11-14(18)9-5-2-6-10-14/h12,18H,1-11H2,(H3,15,16,17). The number of hydrogen-bond acceptors (Lipinski definition) is 2. The first-order valence-corrected chi connectivity index (χ1v) is 7.47. The Hall–Kier alpha value is -0.770. The molecule has 0 spiro atoms. The molecule has 0 aliphatic heterocycles. The van der Waals surface area contributed by atoms with Gasteiger partial charge >= 0.3 is 0 Å². The number of nitrogens with one attached hydrogen (secondary N) is 1. The van der Waals surface area contributed by atoms with Crippen molar-refractivity contribution in [2.45, 2.75) is 75.9 Å². The van der Waals surface area contributed by atoms with E-state index in [4.69, 9.17) is 5.73 Å². The van der Waals surface area contributed by atoms with Crippen LogP contribution in [0.25, 0.3) is 0 Å². The van der Waals surface area contributed by atoms with E-state index in [0.717, 1.165) is 25.7 Å². The molecule has 0 unspecified atom stereocenters. The molecule has 0 aromatic rings. The van der Waals surface area contributed by atoms with Gasteiger partial charge in [-0.3, -0.25) is 4.99 Å². The minimum atomic E-state index is -0.600. The van der Waals surface area contributed by atoms with Gasteiger partial charge in [0, 0.05) is 6.04 Å². The van der Waals surface area contributed by atoms with Crippen LogP contribution in [0.15, 0.2) is 4.99 Å². The van der Waals surface area contributed by atoms with Crippen LogP contribution in [-0.4, -0.2) is 29.3 Å². The molecular formula is C14H27N3O. The van der Waals surface area contributed by atoms with Crippen LogP contribution >= 0.6 is 0 Å². The Kier molecular flexibility index (Phi) is 4.87. The summed E-state index contributed by atoms with van der Waals surface area (Å²) in [5.41, 5.74) is 5.31. The molecule has 0 aromatic heterocycles. The van der Waals surface area contributed by atoms with Gasteiger partial charge in [-0.25, -0.2) is 0 Å². The fourth-order valence-corrected chi connectivity index (χ4v) is 3.10. The lowest BCUT2D eigenvalue weighted by Gasteiger charge is -2.30. The van der Waals surface area contributed by atoms with Gasteiger partial charge < -0.3 is 16.2 Å². The first-order chi connectivity index (χ1) is 8.68. The van der Waals surface area contributed by atoms with Gasteiger partial charge in [-0.15, -0.1) is 0 Å². The number of nitrogens with two attached hydrogens (primary N) is 1. The van der Waals surface area contributed by atoms with Gasteiger partial charge in [0.2, 0.25) is 0 Å². The molecule has 2 rings (SSSR count). The third-order valence-corrected chi connectivity index (χ3v) is 4.29. The molecule has 0 amide bonds. The van der Waals surface area contributed by atoms with Gasteiger partial charge in [-0.1, -0.05) is 38.5 Å². The van der Waals surface area contributed by atoms with Crippen molar-refractivity contribution >= 4 is 5.96 Å². The fraction of sp³-hybridized carbons (Fsp3) is 0.929. The molecule has 18 heavy (non-hydrogen) atoms. The van der Waals surface area contributed by atoms with Crippen molar-refractivity contribution in [3.63, 3.8) is 0 Å². The molecule has 2 fully saturated rings. The van der Waals surface area contributed by atoms with Crippen molar-refractivity contribution in [3.8, 4) is 0 Å². The summed E-state index contributed by atoms with van der Waals surface area (Å²) in [6.07, 6.45) is 11.5. The maximum Gasteiger partial charge on any atom is 0.188 e. The Balaban J connectivity index is 1.76. The summed E-state index contributed by atoms with van der Waals surface area (Å²) >= 11 is 0. The van der Waals surface area contributed by atoms with Gasteiger partial charge in [0.15, 0.2) is 5.96 Å². The van der Waals surface area contributed by atoms with Crippen LogP contribution in [0.4, 0.5) is 0 Å². The summed E-state index contributed by atoms with van der Waals surface area (Å²) in [5, 5.41) is 13.6. The molecule has 0 bridgehead atoms. The zero-order chi connectivity index (χ0) is 12.8. The molecule has 2 aliphatic rings. The predicted molar refractivity (Wildman–Crippen MR) is 74.5 cm³/mol. The van der Waals surface area contributed by atoms with E-state index in [-0.39, 0.29) is 0 Å². The minimum Gasteiger partial charge on any atom is -0.388 e. The first kappa shape index (κ1) is 13.7.